The fourth-order valence-electron chi connectivity index (χ4n) is 8.22. The van der Waals surface area contributed by atoms with Gasteiger partial charge in [0.15, 0.2) is 0 Å². The molecule has 4 nitrogen and oxygen atoms in total. The molecule has 296 valence electrons. The van der Waals surface area contributed by atoms with Crippen molar-refractivity contribution in [2.75, 3.05) is 0 Å². The number of fused-ring (bicyclic) bond motifs is 2. The van der Waals surface area contributed by atoms with Gasteiger partial charge in [0.2, 0.25) is 0 Å². The monoisotopic (exact) mass is 868 g/mol. The summed E-state index contributed by atoms with van der Waals surface area (Å²) in [5, 5.41) is 0. The summed E-state index contributed by atoms with van der Waals surface area (Å²) in [5.74, 6) is 4.05. The third-order valence-electron chi connectivity index (χ3n) is 13.3. The SMILES string of the molecule is CC[Si](CC)(CC)Oc1cc2c(cc1O[Si](CC)(CC)CC)[CH]([Ti+2][CH]1C=Cc3cc(O[Si](CC)(CC)CC)c(O[Si](CC)(CC)CC)cc31)C=C2.[Cl-].[Cl-]. The predicted molar refractivity (Wildman–Crippen MR) is 228 cm³/mol. The molecule has 0 amide bonds. The first-order chi connectivity index (χ1) is 24.5. The van der Waals surface area contributed by atoms with Crippen LogP contribution in [-0.2, 0) is 19.2 Å². The molecule has 53 heavy (non-hydrogen) atoms. The minimum atomic E-state index is -1.91. The summed E-state index contributed by atoms with van der Waals surface area (Å²) in [5.41, 5.74) is 5.54. The second kappa shape index (κ2) is 21.2. The number of hydrogen-bond donors (Lipinski definition) is 0. The molecule has 0 saturated heterocycles. The Labute approximate surface area is 350 Å². The standard InChI is InChI=1S/2C21H35O2Si2.2ClH.Ti/c2*1-7-24(8-2,9-3)22-20-16-18-14-13-15-19(18)17-21(20)23-25(10-4,11-5)12-6;;;/h2*13-17H,7-12H2,1-6H3;2*1H;/q;;;;+2/p-2. The van der Waals surface area contributed by atoms with Crippen molar-refractivity contribution < 1.29 is 61.7 Å². The molecule has 2 atom stereocenters. The van der Waals surface area contributed by atoms with E-state index in [9.17, 15) is 0 Å². The van der Waals surface area contributed by atoms with E-state index >= 15 is 0 Å². The minimum Gasteiger partial charge on any atom is -1.00 e. The largest absolute Gasteiger partial charge is 1.00 e. The molecule has 0 bridgehead atoms. The van der Waals surface area contributed by atoms with Crippen LogP contribution in [-0.4, -0.2) is 33.3 Å². The molecule has 11 heteroatoms. The number of benzene rings is 2. The van der Waals surface area contributed by atoms with Crippen molar-refractivity contribution in [3.63, 3.8) is 0 Å². The summed E-state index contributed by atoms with van der Waals surface area (Å²) in [6, 6.07) is 23.0. The Balaban J connectivity index is 0.00000486. The Morgan fingerprint density at radius 1 is 0.396 bits per heavy atom. The van der Waals surface area contributed by atoms with Gasteiger partial charge in [-0.15, -0.1) is 0 Å². The van der Waals surface area contributed by atoms with Crippen LogP contribution in [0, 0.1) is 0 Å². The summed E-state index contributed by atoms with van der Waals surface area (Å²) in [7, 11) is -7.57. The van der Waals surface area contributed by atoms with E-state index in [1.807, 2.05) is 0 Å². The van der Waals surface area contributed by atoms with Crippen molar-refractivity contribution >= 4 is 45.4 Å². The zero-order valence-corrected chi connectivity index (χ0v) is 42.2. The molecule has 2 aromatic rings. The first-order valence-corrected chi connectivity index (χ1v) is 32.7. The second-order valence-corrected chi connectivity index (χ2v) is 36.3. The van der Waals surface area contributed by atoms with Crippen LogP contribution in [0.5, 0.6) is 23.0 Å². The van der Waals surface area contributed by atoms with E-state index in [0.29, 0.717) is 8.45 Å². The molecule has 0 heterocycles. The summed E-state index contributed by atoms with van der Waals surface area (Å²) < 4.78 is 29.6. The number of hydrogen-bond acceptors (Lipinski definition) is 4. The predicted octanol–water partition coefficient (Wildman–Crippen LogP) is 8.15. The van der Waals surface area contributed by atoms with Gasteiger partial charge < -0.3 is 24.8 Å². The van der Waals surface area contributed by atoms with E-state index in [1.165, 1.54) is 22.3 Å². The molecular formula is C42H70Cl2O4Si4Ti. The molecule has 0 aromatic heterocycles. The van der Waals surface area contributed by atoms with Gasteiger partial charge in [-0.1, -0.05) is 0 Å². The first-order valence-electron chi connectivity index (χ1n) is 20.7. The fraction of sp³-hybridized carbons (Fsp3) is 0.619. The molecule has 0 N–H and O–H groups in total. The Morgan fingerprint density at radius 3 is 0.849 bits per heavy atom. The number of rotatable bonds is 22. The van der Waals surface area contributed by atoms with Crippen LogP contribution in [0.2, 0.25) is 72.5 Å². The van der Waals surface area contributed by atoms with E-state index in [1.54, 1.807) is 0 Å². The van der Waals surface area contributed by atoms with E-state index in [0.717, 1.165) is 95.5 Å². The van der Waals surface area contributed by atoms with Crippen molar-refractivity contribution in [1.82, 2.24) is 0 Å². The Morgan fingerprint density at radius 2 is 0.623 bits per heavy atom. The topological polar surface area (TPSA) is 36.9 Å². The van der Waals surface area contributed by atoms with Crippen LogP contribution in [0.25, 0.3) is 12.2 Å². The van der Waals surface area contributed by atoms with Crippen molar-refractivity contribution in [3.05, 3.63) is 58.7 Å². The van der Waals surface area contributed by atoms with Gasteiger partial charge in [0.25, 0.3) is 0 Å². The van der Waals surface area contributed by atoms with Crippen molar-refractivity contribution in [2.45, 2.75) is 164 Å². The molecule has 2 aliphatic carbocycles. The summed E-state index contributed by atoms with van der Waals surface area (Å²) >= 11 is -0.478. The summed E-state index contributed by atoms with van der Waals surface area (Å²) in [6.45, 7) is 27.9. The van der Waals surface area contributed by atoms with Gasteiger partial charge in [0.1, 0.15) is 0 Å². The maximum Gasteiger partial charge on any atom is -1.00 e. The van der Waals surface area contributed by atoms with Crippen LogP contribution in [0.4, 0.5) is 0 Å². The zero-order valence-electron chi connectivity index (χ0n) is 35.1. The summed E-state index contributed by atoms with van der Waals surface area (Å²) in [4.78, 5) is 0. The smallest absolute Gasteiger partial charge is 1.00 e. The first kappa shape index (κ1) is 48.4. The van der Waals surface area contributed by atoms with E-state index in [2.05, 4.69) is 132 Å². The molecule has 0 spiro atoms. The Kier molecular flexibility index (Phi) is 19.3. The van der Waals surface area contributed by atoms with Gasteiger partial charge in [0.05, 0.1) is 0 Å². The van der Waals surface area contributed by atoms with Gasteiger partial charge in [0, 0.05) is 0 Å². The van der Waals surface area contributed by atoms with E-state index < -0.39 is 52.4 Å². The maximum absolute atomic E-state index is 7.22. The van der Waals surface area contributed by atoms with Crippen LogP contribution < -0.4 is 42.5 Å². The van der Waals surface area contributed by atoms with Crippen LogP contribution in [0.15, 0.2) is 36.4 Å². The van der Waals surface area contributed by atoms with Gasteiger partial charge in [-0.3, -0.25) is 0 Å². The maximum atomic E-state index is 7.22. The zero-order chi connectivity index (χ0) is 37.5. The molecule has 2 aromatic carbocycles. The molecule has 0 radical (unpaired) electrons. The van der Waals surface area contributed by atoms with Crippen molar-refractivity contribution in [1.29, 1.82) is 0 Å². The molecule has 4 rings (SSSR count). The normalized spacial score (nSPS) is 16.3. The number of halogens is 2. The Hall–Kier alpha value is -0.718. The molecule has 2 unspecified atom stereocenters. The molecule has 0 saturated carbocycles. The third kappa shape index (κ3) is 10.4. The quantitative estimate of drug-likeness (QED) is 0.112. The van der Waals surface area contributed by atoms with Crippen LogP contribution in [0.3, 0.4) is 0 Å². The third-order valence-corrected chi connectivity index (χ3v) is 34.1. The van der Waals surface area contributed by atoms with E-state index in [4.69, 9.17) is 17.7 Å². The summed E-state index contributed by atoms with van der Waals surface area (Å²) in [6.07, 6.45) is 9.72. The van der Waals surface area contributed by atoms with Crippen LogP contribution in [0.1, 0.15) is 114 Å². The molecule has 0 fully saturated rings. The molecular weight excluding hydrogens is 800 g/mol. The van der Waals surface area contributed by atoms with Crippen LogP contribution >= 0.6 is 0 Å². The molecule has 0 aliphatic heterocycles. The average Bonchev–Trinajstić information content (AvgIpc) is 3.76. The fourth-order valence-corrected chi connectivity index (χ4v) is 21.0. The van der Waals surface area contributed by atoms with Gasteiger partial charge in [-0.25, -0.2) is 0 Å². The van der Waals surface area contributed by atoms with E-state index in [-0.39, 0.29) is 24.8 Å². The molecule has 2 aliphatic rings. The second-order valence-electron chi connectivity index (χ2n) is 15.1. The van der Waals surface area contributed by atoms with Gasteiger partial charge in [-0.05, 0) is 0 Å². The minimum absolute atomic E-state index is 0. The van der Waals surface area contributed by atoms with Crippen molar-refractivity contribution in [3.8, 4) is 23.0 Å². The van der Waals surface area contributed by atoms with Gasteiger partial charge >= 0.3 is 328 Å². The Bertz CT molecular complexity index is 1380. The van der Waals surface area contributed by atoms with Gasteiger partial charge in [-0.2, -0.15) is 0 Å². The van der Waals surface area contributed by atoms with Crippen molar-refractivity contribution in [2.24, 2.45) is 0 Å². The average molecular weight is 870 g/mol. The number of allylic oxidation sites excluding steroid dienone is 2.